The second-order valence-electron chi connectivity index (χ2n) is 2.58. The van der Waals surface area contributed by atoms with Crippen LogP contribution in [0.15, 0.2) is 23.4 Å². The number of rotatable bonds is 2. The molecule has 0 aliphatic heterocycles. The Balaban J connectivity index is 3.14. The second kappa shape index (κ2) is 5.00. The maximum atomic E-state index is 11.2. The number of esters is 1. The van der Waals surface area contributed by atoms with Crippen LogP contribution in [0, 0.1) is 0 Å². The largest absolute Gasteiger partial charge is 0.465 e. The zero-order chi connectivity index (χ0) is 11.4. The van der Waals surface area contributed by atoms with Crippen LogP contribution in [-0.2, 0) is 4.74 Å². The molecule has 1 aromatic rings. The topological polar surface area (TPSA) is 58.9 Å². The molecule has 0 saturated heterocycles. The molecule has 0 bridgehead atoms. The molecule has 0 aromatic heterocycles. The fourth-order valence-corrected chi connectivity index (χ4v) is 1.35. The number of hydrogen-bond donors (Lipinski definition) is 1. The summed E-state index contributed by atoms with van der Waals surface area (Å²) in [7, 11) is 1.26. The summed E-state index contributed by atoms with van der Waals surface area (Å²) in [5, 5.41) is 11.3. The third kappa shape index (κ3) is 2.61. The van der Waals surface area contributed by atoms with Crippen LogP contribution in [0.3, 0.4) is 0 Å². The molecule has 1 aromatic carbocycles. The standard InChI is InChI=1S/C9H7Cl2NO3/c1-15-9(13)6-3-2-5(4-7(6)10)8(11)12-14/h2-4,14H,1H3/b12-8+. The molecule has 0 radical (unpaired) electrons. The van der Waals surface area contributed by atoms with Crippen LogP contribution in [0.2, 0.25) is 5.02 Å². The lowest BCUT2D eigenvalue weighted by Gasteiger charge is -2.03. The number of oxime groups is 1. The van der Waals surface area contributed by atoms with Crippen LogP contribution in [-0.4, -0.2) is 23.5 Å². The summed E-state index contributed by atoms with van der Waals surface area (Å²) in [6.45, 7) is 0. The Hall–Kier alpha value is -1.26. The van der Waals surface area contributed by atoms with Crippen LogP contribution < -0.4 is 0 Å². The molecule has 0 fully saturated rings. The number of benzene rings is 1. The molecule has 1 N–H and O–H groups in total. The van der Waals surface area contributed by atoms with E-state index < -0.39 is 5.97 Å². The first-order valence-corrected chi connectivity index (χ1v) is 4.61. The fourth-order valence-electron chi connectivity index (χ4n) is 0.977. The highest BCUT2D eigenvalue weighted by Gasteiger charge is 2.12. The molecular weight excluding hydrogens is 241 g/mol. The van der Waals surface area contributed by atoms with Gasteiger partial charge in [0.2, 0.25) is 0 Å². The van der Waals surface area contributed by atoms with E-state index in [1.54, 1.807) is 0 Å². The van der Waals surface area contributed by atoms with Gasteiger partial charge < -0.3 is 9.94 Å². The van der Waals surface area contributed by atoms with Gasteiger partial charge in [-0.1, -0.05) is 34.4 Å². The molecule has 0 spiro atoms. The summed E-state index contributed by atoms with van der Waals surface area (Å²) >= 11 is 11.4. The van der Waals surface area contributed by atoms with Crippen LogP contribution in [0.25, 0.3) is 0 Å². The van der Waals surface area contributed by atoms with E-state index in [-0.39, 0.29) is 15.8 Å². The molecule has 0 aliphatic rings. The zero-order valence-corrected chi connectivity index (χ0v) is 9.21. The zero-order valence-electron chi connectivity index (χ0n) is 7.70. The van der Waals surface area contributed by atoms with Gasteiger partial charge in [0.25, 0.3) is 0 Å². The van der Waals surface area contributed by atoms with Gasteiger partial charge in [0.1, 0.15) is 0 Å². The van der Waals surface area contributed by atoms with Gasteiger partial charge >= 0.3 is 5.97 Å². The molecule has 0 amide bonds. The van der Waals surface area contributed by atoms with Crippen molar-refractivity contribution in [1.29, 1.82) is 0 Å². The lowest BCUT2D eigenvalue weighted by molar-refractivity contribution is 0.0601. The molecule has 80 valence electrons. The Morgan fingerprint density at radius 1 is 1.53 bits per heavy atom. The van der Waals surface area contributed by atoms with E-state index in [1.807, 2.05) is 0 Å². The van der Waals surface area contributed by atoms with Gasteiger partial charge in [-0.3, -0.25) is 0 Å². The van der Waals surface area contributed by atoms with Crippen molar-refractivity contribution < 1.29 is 14.7 Å². The first kappa shape index (κ1) is 11.8. The Kier molecular flexibility index (Phi) is 3.94. The Bertz CT molecular complexity index is 418. The molecule has 6 heteroatoms. The maximum Gasteiger partial charge on any atom is 0.339 e. The number of ether oxygens (including phenoxy) is 1. The highest BCUT2D eigenvalue weighted by atomic mass is 35.5. The van der Waals surface area contributed by atoms with E-state index in [0.29, 0.717) is 5.56 Å². The van der Waals surface area contributed by atoms with Crippen LogP contribution in [0.5, 0.6) is 0 Å². The Morgan fingerprint density at radius 3 is 2.67 bits per heavy atom. The summed E-state index contributed by atoms with van der Waals surface area (Å²) in [4.78, 5) is 11.2. The van der Waals surface area contributed by atoms with Gasteiger partial charge in [-0.2, -0.15) is 0 Å². The van der Waals surface area contributed by atoms with Gasteiger partial charge in [0.05, 0.1) is 17.7 Å². The number of carbonyl (C=O) groups is 1. The van der Waals surface area contributed by atoms with Crippen molar-refractivity contribution in [1.82, 2.24) is 0 Å². The van der Waals surface area contributed by atoms with Crippen LogP contribution in [0.4, 0.5) is 0 Å². The van der Waals surface area contributed by atoms with E-state index in [9.17, 15) is 4.79 Å². The number of methoxy groups -OCH3 is 1. The van der Waals surface area contributed by atoms with E-state index >= 15 is 0 Å². The average Bonchev–Trinajstić information content (AvgIpc) is 2.26. The van der Waals surface area contributed by atoms with Gasteiger partial charge in [-0.25, -0.2) is 4.79 Å². The predicted octanol–water partition coefficient (Wildman–Crippen LogP) is 2.50. The summed E-state index contributed by atoms with van der Waals surface area (Å²) in [6.07, 6.45) is 0. The number of hydrogen-bond acceptors (Lipinski definition) is 4. The van der Waals surface area contributed by atoms with E-state index in [1.165, 1.54) is 25.3 Å². The minimum absolute atomic E-state index is 0.103. The van der Waals surface area contributed by atoms with Crippen LogP contribution >= 0.6 is 23.2 Å². The van der Waals surface area contributed by atoms with E-state index in [0.717, 1.165) is 0 Å². The maximum absolute atomic E-state index is 11.2. The molecule has 0 atom stereocenters. The Morgan fingerprint density at radius 2 is 2.20 bits per heavy atom. The van der Waals surface area contributed by atoms with Crippen molar-refractivity contribution in [2.45, 2.75) is 0 Å². The smallest absolute Gasteiger partial charge is 0.339 e. The highest BCUT2D eigenvalue weighted by Crippen LogP contribution is 2.20. The third-order valence-corrected chi connectivity index (χ3v) is 2.31. The number of nitrogens with zero attached hydrogens (tertiary/aromatic N) is 1. The molecule has 1 rings (SSSR count). The number of carbonyl (C=O) groups excluding carboxylic acids is 1. The summed E-state index contributed by atoms with van der Waals surface area (Å²) in [5.41, 5.74) is 0.641. The molecule has 0 unspecified atom stereocenters. The van der Waals surface area contributed by atoms with Gasteiger partial charge in [0, 0.05) is 5.56 Å². The lowest BCUT2D eigenvalue weighted by atomic mass is 10.1. The SMILES string of the molecule is COC(=O)c1ccc(/C(Cl)=N\O)cc1Cl. The molecule has 0 heterocycles. The molecule has 0 aliphatic carbocycles. The van der Waals surface area contributed by atoms with E-state index in [4.69, 9.17) is 28.4 Å². The summed E-state index contributed by atoms with van der Waals surface area (Å²) in [6, 6.07) is 4.35. The molecule has 4 nitrogen and oxygen atoms in total. The van der Waals surface area contributed by atoms with Crippen molar-refractivity contribution in [2.75, 3.05) is 7.11 Å². The second-order valence-corrected chi connectivity index (χ2v) is 3.34. The van der Waals surface area contributed by atoms with Gasteiger partial charge in [0.15, 0.2) is 5.17 Å². The van der Waals surface area contributed by atoms with Crippen LogP contribution in [0.1, 0.15) is 15.9 Å². The lowest BCUT2D eigenvalue weighted by Crippen LogP contribution is -2.03. The first-order chi connectivity index (χ1) is 7.10. The molecule has 15 heavy (non-hydrogen) atoms. The van der Waals surface area contributed by atoms with Crippen molar-refractivity contribution in [3.05, 3.63) is 34.3 Å². The average molecular weight is 248 g/mol. The number of halogens is 2. The summed E-state index contributed by atoms with van der Waals surface area (Å²) < 4.78 is 4.51. The van der Waals surface area contributed by atoms with Crippen molar-refractivity contribution >= 4 is 34.3 Å². The quantitative estimate of drug-likeness (QED) is 0.378. The van der Waals surface area contributed by atoms with Gasteiger partial charge in [-0.15, -0.1) is 0 Å². The molecule has 0 saturated carbocycles. The minimum atomic E-state index is -0.538. The van der Waals surface area contributed by atoms with Gasteiger partial charge in [-0.05, 0) is 12.1 Å². The van der Waals surface area contributed by atoms with Crippen molar-refractivity contribution in [2.24, 2.45) is 5.16 Å². The normalized spacial score (nSPS) is 11.3. The first-order valence-electron chi connectivity index (χ1n) is 3.86. The predicted molar refractivity (Wildman–Crippen MR) is 57.0 cm³/mol. The minimum Gasteiger partial charge on any atom is -0.465 e. The Labute approximate surface area is 96.1 Å². The van der Waals surface area contributed by atoms with E-state index in [2.05, 4.69) is 9.89 Å². The van der Waals surface area contributed by atoms with Crippen molar-refractivity contribution in [3.63, 3.8) is 0 Å². The molecular formula is C9H7Cl2NO3. The third-order valence-electron chi connectivity index (χ3n) is 1.70. The summed E-state index contributed by atoms with van der Waals surface area (Å²) in [5.74, 6) is -0.538. The fraction of sp³-hybridized carbons (Fsp3) is 0.111. The van der Waals surface area contributed by atoms with Crippen molar-refractivity contribution in [3.8, 4) is 0 Å². The highest BCUT2D eigenvalue weighted by molar-refractivity contribution is 6.69. The monoisotopic (exact) mass is 247 g/mol.